The SMILES string of the molecule is CNC1CCCN(S(=O)(=O)c2ccc(F)c(C)c2)C1. The maximum absolute atomic E-state index is 13.2. The van der Waals surface area contributed by atoms with Crippen molar-refractivity contribution in [3.05, 3.63) is 29.6 Å². The highest BCUT2D eigenvalue weighted by Gasteiger charge is 2.29. The molecule has 0 bridgehead atoms. The average molecular weight is 286 g/mol. The molecule has 2 rings (SSSR count). The summed E-state index contributed by atoms with van der Waals surface area (Å²) in [6.07, 6.45) is 1.82. The number of sulfonamides is 1. The largest absolute Gasteiger partial charge is 0.316 e. The molecule has 1 N–H and O–H groups in total. The molecular formula is C13H19FN2O2S. The zero-order chi connectivity index (χ0) is 14.0. The van der Waals surface area contributed by atoms with Gasteiger partial charge in [-0.3, -0.25) is 0 Å². The van der Waals surface area contributed by atoms with Crippen molar-refractivity contribution in [1.82, 2.24) is 9.62 Å². The van der Waals surface area contributed by atoms with Crippen molar-refractivity contribution in [3.63, 3.8) is 0 Å². The van der Waals surface area contributed by atoms with E-state index in [1.807, 2.05) is 7.05 Å². The second-order valence-electron chi connectivity index (χ2n) is 4.90. The number of hydrogen-bond donors (Lipinski definition) is 1. The van der Waals surface area contributed by atoms with Crippen LogP contribution in [0.5, 0.6) is 0 Å². The highest BCUT2D eigenvalue weighted by molar-refractivity contribution is 7.89. The molecule has 1 aromatic carbocycles. The molecule has 1 unspecified atom stereocenters. The number of nitrogens with one attached hydrogen (secondary N) is 1. The molecule has 19 heavy (non-hydrogen) atoms. The van der Waals surface area contributed by atoms with Crippen LogP contribution in [-0.4, -0.2) is 38.9 Å². The molecule has 1 aromatic rings. The highest BCUT2D eigenvalue weighted by Crippen LogP contribution is 2.22. The van der Waals surface area contributed by atoms with Gasteiger partial charge in [-0.05, 0) is 50.6 Å². The molecule has 1 atom stereocenters. The Morgan fingerprint density at radius 3 is 2.79 bits per heavy atom. The first-order chi connectivity index (χ1) is 8.95. The van der Waals surface area contributed by atoms with Gasteiger partial charge in [0.2, 0.25) is 10.0 Å². The molecule has 0 spiro atoms. The summed E-state index contributed by atoms with van der Waals surface area (Å²) in [5.74, 6) is -0.384. The van der Waals surface area contributed by atoms with Gasteiger partial charge in [0.05, 0.1) is 4.90 Å². The summed E-state index contributed by atoms with van der Waals surface area (Å²) in [4.78, 5) is 0.170. The molecular weight excluding hydrogens is 267 g/mol. The van der Waals surface area contributed by atoms with Crippen LogP contribution >= 0.6 is 0 Å². The van der Waals surface area contributed by atoms with Crippen molar-refractivity contribution in [2.24, 2.45) is 0 Å². The van der Waals surface area contributed by atoms with Gasteiger partial charge in [0, 0.05) is 19.1 Å². The Balaban J connectivity index is 2.28. The van der Waals surface area contributed by atoms with Crippen molar-refractivity contribution in [2.75, 3.05) is 20.1 Å². The lowest BCUT2D eigenvalue weighted by Crippen LogP contribution is -2.46. The first-order valence-corrected chi connectivity index (χ1v) is 7.82. The molecule has 1 fully saturated rings. The zero-order valence-electron chi connectivity index (χ0n) is 11.2. The standard InChI is InChI=1S/C13H19FN2O2S/c1-10-8-12(5-6-13(10)14)19(17,18)16-7-3-4-11(9-16)15-2/h5-6,8,11,15H,3-4,7,9H2,1-2H3. The van der Waals surface area contributed by atoms with E-state index < -0.39 is 10.0 Å². The minimum atomic E-state index is -3.52. The second kappa shape index (κ2) is 5.56. The van der Waals surface area contributed by atoms with Gasteiger partial charge in [0.15, 0.2) is 0 Å². The Kier molecular flexibility index (Phi) is 4.23. The molecule has 1 heterocycles. The fraction of sp³-hybridized carbons (Fsp3) is 0.538. The van der Waals surface area contributed by atoms with Crippen LogP contribution in [-0.2, 0) is 10.0 Å². The van der Waals surface area contributed by atoms with E-state index in [9.17, 15) is 12.8 Å². The summed E-state index contributed by atoms with van der Waals surface area (Å²) in [6.45, 7) is 2.56. The summed E-state index contributed by atoms with van der Waals surface area (Å²) in [7, 11) is -1.68. The Bertz CT molecular complexity index is 560. The molecule has 106 valence electrons. The van der Waals surface area contributed by atoms with E-state index in [2.05, 4.69) is 5.32 Å². The fourth-order valence-electron chi connectivity index (χ4n) is 2.32. The summed E-state index contributed by atoms with van der Waals surface area (Å²) in [5.41, 5.74) is 0.350. The summed E-state index contributed by atoms with van der Waals surface area (Å²) >= 11 is 0. The first kappa shape index (κ1) is 14.4. The third-order valence-corrected chi connectivity index (χ3v) is 5.42. The number of rotatable bonds is 3. The fourth-order valence-corrected chi connectivity index (χ4v) is 3.93. The topological polar surface area (TPSA) is 49.4 Å². The van der Waals surface area contributed by atoms with Crippen LogP contribution in [0.1, 0.15) is 18.4 Å². The van der Waals surface area contributed by atoms with Gasteiger partial charge < -0.3 is 5.32 Å². The van der Waals surface area contributed by atoms with Crippen molar-refractivity contribution >= 4 is 10.0 Å². The third kappa shape index (κ3) is 2.96. The predicted molar refractivity (Wildman–Crippen MR) is 72.0 cm³/mol. The molecule has 1 aliphatic rings. The summed E-state index contributed by atoms with van der Waals surface area (Å²) in [5, 5.41) is 3.11. The predicted octanol–water partition coefficient (Wildman–Crippen LogP) is 1.51. The van der Waals surface area contributed by atoms with Gasteiger partial charge in [0.1, 0.15) is 5.82 Å². The smallest absolute Gasteiger partial charge is 0.243 e. The second-order valence-corrected chi connectivity index (χ2v) is 6.84. The quantitative estimate of drug-likeness (QED) is 0.916. The third-order valence-electron chi connectivity index (χ3n) is 3.56. The molecule has 1 aliphatic heterocycles. The average Bonchev–Trinajstić information content (AvgIpc) is 2.41. The van der Waals surface area contributed by atoms with Crippen LogP contribution in [0.25, 0.3) is 0 Å². The van der Waals surface area contributed by atoms with Gasteiger partial charge in [-0.25, -0.2) is 12.8 Å². The lowest BCUT2D eigenvalue weighted by atomic mass is 10.1. The van der Waals surface area contributed by atoms with Crippen molar-refractivity contribution in [1.29, 1.82) is 0 Å². The Morgan fingerprint density at radius 1 is 1.42 bits per heavy atom. The number of halogens is 1. The molecule has 1 saturated heterocycles. The molecule has 6 heteroatoms. The lowest BCUT2D eigenvalue weighted by molar-refractivity contribution is 0.293. The van der Waals surface area contributed by atoms with Crippen molar-refractivity contribution in [3.8, 4) is 0 Å². The number of aryl methyl sites for hydroxylation is 1. The Labute approximate surface area is 113 Å². The van der Waals surface area contributed by atoms with Crippen LogP contribution in [0.15, 0.2) is 23.1 Å². The number of nitrogens with zero attached hydrogens (tertiary/aromatic N) is 1. The van der Waals surface area contributed by atoms with E-state index in [0.717, 1.165) is 12.8 Å². The normalized spacial score (nSPS) is 21.5. The van der Waals surface area contributed by atoms with E-state index in [0.29, 0.717) is 18.7 Å². The van der Waals surface area contributed by atoms with Crippen LogP contribution in [0.2, 0.25) is 0 Å². The minimum absolute atomic E-state index is 0.170. The van der Waals surface area contributed by atoms with Gasteiger partial charge >= 0.3 is 0 Å². The summed E-state index contributed by atoms with van der Waals surface area (Å²) in [6, 6.07) is 4.13. The van der Waals surface area contributed by atoms with E-state index in [-0.39, 0.29) is 16.8 Å². The van der Waals surface area contributed by atoms with Gasteiger partial charge in [0.25, 0.3) is 0 Å². The molecule has 0 aromatic heterocycles. The van der Waals surface area contributed by atoms with Crippen LogP contribution in [0, 0.1) is 12.7 Å². The monoisotopic (exact) mass is 286 g/mol. The number of piperidine rings is 1. The molecule has 0 radical (unpaired) electrons. The minimum Gasteiger partial charge on any atom is -0.316 e. The van der Waals surface area contributed by atoms with Crippen LogP contribution < -0.4 is 5.32 Å². The van der Waals surface area contributed by atoms with E-state index >= 15 is 0 Å². The zero-order valence-corrected chi connectivity index (χ0v) is 12.0. The Morgan fingerprint density at radius 2 is 2.16 bits per heavy atom. The molecule has 0 amide bonds. The van der Waals surface area contributed by atoms with E-state index in [4.69, 9.17) is 0 Å². The van der Waals surface area contributed by atoms with Crippen LogP contribution in [0.4, 0.5) is 4.39 Å². The number of benzene rings is 1. The molecule has 0 saturated carbocycles. The van der Waals surface area contributed by atoms with Gasteiger partial charge in [-0.15, -0.1) is 0 Å². The van der Waals surface area contributed by atoms with Crippen molar-refractivity contribution in [2.45, 2.75) is 30.7 Å². The summed E-state index contributed by atoms with van der Waals surface area (Å²) < 4.78 is 39.7. The number of hydrogen-bond acceptors (Lipinski definition) is 3. The molecule has 4 nitrogen and oxygen atoms in total. The van der Waals surface area contributed by atoms with E-state index in [1.165, 1.54) is 22.5 Å². The first-order valence-electron chi connectivity index (χ1n) is 6.38. The van der Waals surface area contributed by atoms with Gasteiger partial charge in [-0.1, -0.05) is 0 Å². The highest BCUT2D eigenvalue weighted by atomic mass is 32.2. The number of likely N-dealkylation sites (N-methyl/N-ethyl adjacent to an activating group) is 1. The maximum Gasteiger partial charge on any atom is 0.243 e. The van der Waals surface area contributed by atoms with Crippen LogP contribution in [0.3, 0.4) is 0 Å². The van der Waals surface area contributed by atoms with Gasteiger partial charge in [-0.2, -0.15) is 4.31 Å². The Hall–Kier alpha value is -0.980. The van der Waals surface area contributed by atoms with Crippen molar-refractivity contribution < 1.29 is 12.8 Å². The lowest BCUT2D eigenvalue weighted by Gasteiger charge is -2.31. The maximum atomic E-state index is 13.2. The molecule has 0 aliphatic carbocycles. The van der Waals surface area contributed by atoms with E-state index in [1.54, 1.807) is 6.92 Å².